The number of methoxy groups -OCH3 is 1. The van der Waals surface area contributed by atoms with Crippen LogP contribution >= 0.6 is 0 Å². The highest BCUT2D eigenvalue weighted by Gasteiger charge is 2.53. The molecule has 3 aliphatic heterocycles. The molecular weight excluding hydrogens is 947 g/mol. The summed E-state index contributed by atoms with van der Waals surface area (Å²) in [5, 5.41) is 24.8. The van der Waals surface area contributed by atoms with Crippen molar-refractivity contribution in [3.05, 3.63) is 54.2 Å². The highest BCUT2D eigenvalue weighted by molar-refractivity contribution is 5.82. The number of rotatable bonds is 16. The number of likely N-dealkylation sites (N-methyl/N-ethyl adjacent to an activating group) is 2. The number of aliphatic hydroxyl groups excluding tert-OH is 1. The normalized spacial score (nSPS) is 34.5. The molecule has 0 bridgehead atoms. The van der Waals surface area contributed by atoms with Gasteiger partial charge in [-0.2, -0.15) is 0 Å². The molecule has 1 aromatic heterocycles. The van der Waals surface area contributed by atoms with Gasteiger partial charge in [0.15, 0.2) is 18.7 Å². The van der Waals surface area contributed by atoms with Gasteiger partial charge in [0.2, 0.25) is 0 Å². The van der Waals surface area contributed by atoms with Gasteiger partial charge in [0, 0.05) is 64.4 Å². The first-order chi connectivity index (χ1) is 34.7. The SMILES string of the molecule is CCC(=O)O[C@@H]1CC(=O)OCCC(/C=C\Cc2ccnc3ccccc23)CN(C)C[C@H](OC(C)=O)[C@H](C)C[C@H](CC=O)[C@H](O[C@@H]2OC(C)[C@@H](O[C@H]3CC(C)(O)[C@@H](OC(=O)CC)C(C)O3)C(N(C)C)C2O)[C@H]1OC. The van der Waals surface area contributed by atoms with Crippen LogP contribution in [-0.4, -0.2) is 182 Å². The zero-order valence-corrected chi connectivity index (χ0v) is 44.6. The number of allylic oxidation sites excluding steroid dienone is 1. The van der Waals surface area contributed by atoms with Gasteiger partial charge < -0.3 is 67.4 Å². The van der Waals surface area contributed by atoms with Crippen molar-refractivity contribution in [2.24, 2.45) is 17.8 Å². The number of carbonyl (C=O) groups is 5. The Morgan fingerprint density at radius 2 is 1.66 bits per heavy atom. The van der Waals surface area contributed by atoms with Gasteiger partial charge in [0.1, 0.15) is 42.4 Å². The monoisotopic (exact) mass is 1030 g/mol. The number of hydrogen-bond acceptors (Lipinski definition) is 19. The molecule has 16 atom stereocenters. The number of nitrogens with zero attached hydrogens (tertiary/aromatic N) is 3. The van der Waals surface area contributed by atoms with Crippen LogP contribution in [-0.2, 0) is 73.0 Å². The standard InChI is InChI=1S/C54H81N3O16/c1-12-43(60)70-41-28-45(62)66-26-23-36(17-16-18-37-21-24-55-40-20-15-14-19-39(37)40)30-57(10)31-42(69-35(6)59)32(3)27-38(22-25-58)50(51(41)65-11)73-53-48(63)47(56(8)9)49(33(4)68-53)72-46-29-54(7,64)52(34(5)67-46)71-44(61)13-2/h14-17,19-21,24-25,32-34,36,38,41-42,46-53,63-64H,12-13,18,22-23,26-31H2,1-11H3/b17-16-/t32-,33?,34?,36?,38+,41-,42+,46+,47?,48?,49-,50+,51+,52+,53+,54?/m1/s1. The number of pyridine rings is 1. The maximum atomic E-state index is 13.9. The molecule has 2 aromatic rings. The van der Waals surface area contributed by atoms with E-state index in [1.165, 1.54) is 14.0 Å². The largest absolute Gasteiger partial charge is 0.466 e. The Bertz CT molecular complexity index is 2130. The van der Waals surface area contributed by atoms with Crippen LogP contribution in [0.2, 0.25) is 0 Å². The number of aromatic nitrogens is 1. The Balaban J connectivity index is 1.46. The molecule has 0 aliphatic carbocycles. The third-order valence-electron chi connectivity index (χ3n) is 14.2. The van der Waals surface area contributed by atoms with Crippen LogP contribution in [0.25, 0.3) is 10.9 Å². The topological polar surface area (TPSA) is 228 Å². The molecule has 2 N–H and O–H groups in total. The van der Waals surface area contributed by atoms with E-state index in [0.29, 0.717) is 25.9 Å². The molecule has 4 heterocycles. The van der Waals surface area contributed by atoms with Gasteiger partial charge in [-0.25, -0.2) is 0 Å². The summed E-state index contributed by atoms with van der Waals surface area (Å²) in [5.41, 5.74) is 0.504. The lowest BCUT2D eigenvalue weighted by Gasteiger charge is -2.50. The molecule has 1 aromatic carbocycles. The molecule has 3 aliphatic rings. The predicted octanol–water partition coefficient (Wildman–Crippen LogP) is 4.73. The summed E-state index contributed by atoms with van der Waals surface area (Å²) >= 11 is 0. The van der Waals surface area contributed by atoms with E-state index in [9.17, 15) is 34.2 Å². The lowest BCUT2D eigenvalue weighted by atomic mass is 9.82. The van der Waals surface area contributed by atoms with Crippen molar-refractivity contribution in [3.8, 4) is 0 Å². The second-order valence-electron chi connectivity index (χ2n) is 20.4. The molecule has 0 spiro atoms. The third-order valence-corrected chi connectivity index (χ3v) is 14.2. The average Bonchev–Trinajstić information content (AvgIpc) is 3.32. The molecule has 0 radical (unpaired) electrons. The summed E-state index contributed by atoms with van der Waals surface area (Å²) in [6.07, 6.45) is -3.99. The maximum Gasteiger partial charge on any atom is 0.309 e. The lowest BCUT2D eigenvalue weighted by molar-refractivity contribution is -0.344. The van der Waals surface area contributed by atoms with Crippen molar-refractivity contribution in [1.82, 2.24) is 14.8 Å². The summed E-state index contributed by atoms with van der Waals surface area (Å²) in [6, 6.07) is 9.14. The minimum Gasteiger partial charge on any atom is -0.466 e. The zero-order valence-electron chi connectivity index (χ0n) is 44.6. The summed E-state index contributed by atoms with van der Waals surface area (Å²) in [6.45, 7) is 12.4. The van der Waals surface area contributed by atoms with Gasteiger partial charge >= 0.3 is 23.9 Å². The van der Waals surface area contributed by atoms with Crippen LogP contribution in [0.4, 0.5) is 0 Å². The minimum absolute atomic E-state index is 0.0273. The van der Waals surface area contributed by atoms with Crippen LogP contribution in [0, 0.1) is 17.8 Å². The first kappa shape index (κ1) is 59.4. The Morgan fingerprint density at radius 3 is 2.32 bits per heavy atom. The summed E-state index contributed by atoms with van der Waals surface area (Å²) in [4.78, 5) is 73.1. The van der Waals surface area contributed by atoms with E-state index in [2.05, 4.69) is 22.0 Å². The Kier molecular flexibility index (Phi) is 22.7. The number of fused-ring (bicyclic) bond motifs is 1. The van der Waals surface area contributed by atoms with Crippen molar-refractivity contribution in [2.45, 2.75) is 179 Å². The van der Waals surface area contributed by atoms with Crippen LogP contribution in [0.3, 0.4) is 0 Å². The zero-order chi connectivity index (χ0) is 53.6. The molecule has 3 fully saturated rings. The van der Waals surface area contributed by atoms with Crippen LogP contribution in [0.1, 0.15) is 99.0 Å². The Morgan fingerprint density at radius 1 is 0.945 bits per heavy atom. The first-order valence-electron chi connectivity index (χ1n) is 25.7. The molecule has 19 nitrogen and oxygen atoms in total. The second-order valence-corrected chi connectivity index (χ2v) is 20.4. The molecule has 6 unspecified atom stereocenters. The van der Waals surface area contributed by atoms with E-state index in [4.69, 9.17) is 42.6 Å². The summed E-state index contributed by atoms with van der Waals surface area (Å²) in [7, 11) is 6.82. The minimum atomic E-state index is -1.51. The van der Waals surface area contributed by atoms with Gasteiger partial charge in [-0.05, 0) is 96.6 Å². The Hall–Kier alpha value is -4.44. The molecule has 19 heteroatoms. The molecule has 5 rings (SSSR count). The molecule has 3 saturated heterocycles. The van der Waals surface area contributed by atoms with Crippen LogP contribution in [0.15, 0.2) is 48.7 Å². The summed E-state index contributed by atoms with van der Waals surface area (Å²) in [5.74, 6) is -3.48. The van der Waals surface area contributed by atoms with Crippen molar-refractivity contribution in [3.63, 3.8) is 0 Å². The molecule has 408 valence electrons. The number of aliphatic hydroxyl groups is 2. The number of benzene rings is 1. The third kappa shape index (κ3) is 16.5. The molecule has 73 heavy (non-hydrogen) atoms. The lowest BCUT2D eigenvalue weighted by Crippen LogP contribution is -2.66. The van der Waals surface area contributed by atoms with Gasteiger partial charge in [0.25, 0.3) is 0 Å². The number of aldehydes is 1. The molecule has 0 amide bonds. The number of para-hydroxylation sites is 1. The number of carbonyl (C=O) groups excluding carboxylic acids is 5. The average molecular weight is 1030 g/mol. The fourth-order valence-corrected chi connectivity index (χ4v) is 10.5. The maximum absolute atomic E-state index is 13.9. The van der Waals surface area contributed by atoms with E-state index < -0.39 is 121 Å². The van der Waals surface area contributed by atoms with Crippen LogP contribution < -0.4 is 0 Å². The molecular formula is C54H81N3O16. The fraction of sp³-hybridized carbons (Fsp3) is 0.704. The van der Waals surface area contributed by atoms with Crippen molar-refractivity contribution < 1.29 is 76.8 Å². The first-order valence-corrected chi connectivity index (χ1v) is 25.7. The van der Waals surface area contributed by atoms with E-state index in [1.807, 2.05) is 44.3 Å². The Labute approximate surface area is 430 Å². The van der Waals surface area contributed by atoms with Gasteiger partial charge in [-0.1, -0.05) is 51.1 Å². The van der Waals surface area contributed by atoms with E-state index >= 15 is 0 Å². The highest BCUT2D eigenvalue weighted by Crippen LogP contribution is 2.38. The number of ether oxygens (including phenoxy) is 9. The van der Waals surface area contributed by atoms with Gasteiger partial charge in [0.05, 0.1) is 42.9 Å². The highest BCUT2D eigenvalue weighted by atomic mass is 16.7. The number of cyclic esters (lactones) is 1. The second kappa shape index (κ2) is 27.9. The van der Waals surface area contributed by atoms with E-state index in [-0.39, 0.29) is 44.6 Å². The van der Waals surface area contributed by atoms with Gasteiger partial charge in [-0.3, -0.25) is 24.2 Å². The quantitative estimate of drug-likeness (QED) is 0.100. The number of esters is 4. The van der Waals surface area contributed by atoms with Gasteiger partial charge in [-0.15, -0.1) is 0 Å². The van der Waals surface area contributed by atoms with E-state index in [0.717, 1.165) is 22.8 Å². The number of hydrogen-bond donors (Lipinski definition) is 2. The smallest absolute Gasteiger partial charge is 0.309 e. The molecule has 0 saturated carbocycles. The van der Waals surface area contributed by atoms with Crippen molar-refractivity contribution >= 4 is 41.1 Å². The predicted molar refractivity (Wildman–Crippen MR) is 268 cm³/mol. The fourth-order valence-electron chi connectivity index (χ4n) is 10.5. The van der Waals surface area contributed by atoms with Crippen LogP contribution in [0.5, 0.6) is 0 Å². The van der Waals surface area contributed by atoms with E-state index in [1.54, 1.807) is 59.8 Å². The van der Waals surface area contributed by atoms with Crippen molar-refractivity contribution in [1.29, 1.82) is 0 Å². The van der Waals surface area contributed by atoms with Crippen molar-refractivity contribution in [2.75, 3.05) is 47.9 Å². The summed E-state index contributed by atoms with van der Waals surface area (Å²) < 4.78 is 55.6.